The maximum Gasteiger partial charge on any atom is 0.391 e. The van der Waals surface area contributed by atoms with Crippen LogP contribution < -0.4 is 5.32 Å². The van der Waals surface area contributed by atoms with Crippen molar-refractivity contribution >= 4 is 17.8 Å². The molecule has 0 fully saturated rings. The van der Waals surface area contributed by atoms with Gasteiger partial charge in [0.1, 0.15) is 6.04 Å². The molecule has 0 saturated carbocycles. The number of halogens is 3. The van der Waals surface area contributed by atoms with Gasteiger partial charge in [-0.3, -0.25) is 9.59 Å². The molecule has 9 heteroatoms. The minimum absolute atomic E-state index is 0.0333. The van der Waals surface area contributed by atoms with Gasteiger partial charge in [0.05, 0.1) is 6.42 Å². The third-order valence-electron chi connectivity index (χ3n) is 3.34. The van der Waals surface area contributed by atoms with Crippen molar-refractivity contribution in [2.45, 2.75) is 38.5 Å². The number of nitrogens with zero attached hydrogens (tertiary/aromatic N) is 1. The molecule has 0 aromatic heterocycles. The molecule has 138 valence electrons. The molecule has 1 rings (SSSR count). The van der Waals surface area contributed by atoms with E-state index in [-0.39, 0.29) is 25.4 Å². The molecule has 1 atom stereocenters. The van der Waals surface area contributed by atoms with Crippen molar-refractivity contribution in [1.29, 1.82) is 0 Å². The highest BCUT2D eigenvalue weighted by molar-refractivity contribution is 5.84. The summed E-state index contributed by atoms with van der Waals surface area (Å²) in [7, 11) is 0. The van der Waals surface area contributed by atoms with Crippen molar-refractivity contribution in [1.82, 2.24) is 10.2 Å². The predicted octanol–water partition coefficient (Wildman–Crippen LogP) is 1.95. The zero-order valence-corrected chi connectivity index (χ0v) is 13.5. The van der Waals surface area contributed by atoms with E-state index in [0.717, 1.165) is 5.56 Å². The monoisotopic (exact) mass is 360 g/mol. The molecule has 2 amide bonds. The topological polar surface area (TPSA) is 86.7 Å². The van der Waals surface area contributed by atoms with E-state index in [2.05, 4.69) is 0 Å². The Morgan fingerprint density at radius 2 is 1.80 bits per heavy atom. The summed E-state index contributed by atoms with van der Waals surface area (Å²) in [5.74, 6) is -2.93. The Morgan fingerprint density at radius 1 is 1.20 bits per heavy atom. The molecule has 0 aliphatic rings. The number of nitrogens with one attached hydrogen (secondary N) is 1. The smallest absolute Gasteiger partial charge is 0.391 e. The van der Waals surface area contributed by atoms with Crippen molar-refractivity contribution in [2.75, 3.05) is 6.54 Å². The molecule has 1 unspecified atom stereocenters. The van der Waals surface area contributed by atoms with Gasteiger partial charge < -0.3 is 15.3 Å². The molecule has 1 aromatic rings. The van der Waals surface area contributed by atoms with E-state index in [4.69, 9.17) is 5.11 Å². The van der Waals surface area contributed by atoms with Gasteiger partial charge in [-0.15, -0.1) is 0 Å². The normalized spacial score (nSPS) is 12.3. The van der Waals surface area contributed by atoms with Crippen molar-refractivity contribution < 1.29 is 32.7 Å². The highest BCUT2D eigenvalue weighted by atomic mass is 19.4. The number of carbonyl (C=O) groups excluding carboxylic acids is 2. The fourth-order valence-corrected chi connectivity index (χ4v) is 2.09. The van der Waals surface area contributed by atoms with Gasteiger partial charge in [-0.2, -0.15) is 13.2 Å². The highest BCUT2D eigenvalue weighted by Crippen LogP contribution is 2.21. The van der Waals surface area contributed by atoms with E-state index in [0.29, 0.717) is 0 Å². The summed E-state index contributed by atoms with van der Waals surface area (Å²) in [6.45, 7) is 1.52. The third-order valence-corrected chi connectivity index (χ3v) is 3.34. The molecule has 0 saturated heterocycles. The molecule has 1 aromatic carbocycles. The average Bonchev–Trinajstić information content (AvgIpc) is 2.50. The van der Waals surface area contributed by atoms with E-state index in [1.807, 2.05) is 11.4 Å². The summed E-state index contributed by atoms with van der Waals surface area (Å²) in [4.78, 5) is 35.6. The maximum atomic E-state index is 12.3. The lowest BCUT2D eigenvalue weighted by Crippen LogP contribution is -2.44. The third kappa shape index (κ3) is 8.18. The van der Waals surface area contributed by atoms with Crippen LogP contribution in [0.2, 0.25) is 0 Å². The minimum atomic E-state index is -4.71. The average molecular weight is 360 g/mol. The first kappa shape index (κ1) is 20.5. The SMILES string of the molecule is CC(=O)N(CCC(=O)NC(CC(F)(F)F)C(=O)O)Cc1ccccc1. The fourth-order valence-electron chi connectivity index (χ4n) is 2.09. The Balaban J connectivity index is 2.59. The lowest BCUT2D eigenvalue weighted by Gasteiger charge is -2.22. The molecule has 0 radical (unpaired) electrons. The summed E-state index contributed by atoms with van der Waals surface area (Å²) in [6.07, 6.45) is -6.67. The number of carboxylic acid groups (broad SMARTS) is 1. The summed E-state index contributed by atoms with van der Waals surface area (Å²) >= 11 is 0. The number of hydrogen-bond donors (Lipinski definition) is 2. The Morgan fingerprint density at radius 3 is 2.28 bits per heavy atom. The predicted molar refractivity (Wildman–Crippen MR) is 82.4 cm³/mol. The largest absolute Gasteiger partial charge is 0.480 e. The van der Waals surface area contributed by atoms with Crippen LogP contribution >= 0.6 is 0 Å². The highest BCUT2D eigenvalue weighted by Gasteiger charge is 2.36. The van der Waals surface area contributed by atoms with Crippen LogP contribution in [-0.2, 0) is 20.9 Å². The first-order valence-corrected chi connectivity index (χ1v) is 7.47. The van der Waals surface area contributed by atoms with Crippen molar-refractivity contribution in [3.05, 3.63) is 35.9 Å². The van der Waals surface area contributed by atoms with Gasteiger partial charge in [0.25, 0.3) is 0 Å². The molecule has 25 heavy (non-hydrogen) atoms. The zero-order chi connectivity index (χ0) is 19.0. The second-order valence-electron chi connectivity index (χ2n) is 5.45. The molecule has 0 aliphatic heterocycles. The van der Waals surface area contributed by atoms with E-state index < -0.39 is 30.5 Å². The van der Waals surface area contributed by atoms with Crippen LogP contribution in [0.25, 0.3) is 0 Å². The van der Waals surface area contributed by atoms with Crippen LogP contribution in [0, 0.1) is 0 Å². The van der Waals surface area contributed by atoms with E-state index >= 15 is 0 Å². The quantitative estimate of drug-likeness (QED) is 0.742. The van der Waals surface area contributed by atoms with Crippen molar-refractivity contribution in [2.24, 2.45) is 0 Å². The molecular weight excluding hydrogens is 341 g/mol. The molecule has 0 spiro atoms. The van der Waals surface area contributed by atoms with Gasteiger partial charge in [-0.25, -0.2) is 4.79 Å². The van der Waals surface area contributed by atoms with Crippen molar-refractivity contribution in [3.8, 4) is 0 Å². The van der Waals surface area contributed by atoms with Gasteiger partial charge >= 0.3 is 12.1 Å². The molecule has 6 nitrogen and oxygen atoms in total. The van der Waals surface area contributed by atoms with E-state index in [1.165, 1.54) is 11.8 Å². The lowest BCUT2D eigenvalue weighted by atomic mass is 10.2. The van der Waals surface area contributed by atoms with Gasteiger partial charge in [0.15, 0.2) is 0 Å². The van der Waals surface area contributed by atoms with E-state index in [1.54, 1.807) is 24.3 Å². The summed E-state index contributed by atoms with van der Waals surface area (Å²) in [6, 6.07) is 6.91. The lowest BCUT2D eigenvalue weighted by molar-refractivity contribution is -0.160. The van der Waals surface area contributed by atoms with Crippen LogP contribution in [0.1, 0.15) is 25.3 Å². The molecule has 0 bridgehead atoms. The number of benzene rings is 1. The molecular formula is C16H19F3N2O4. The number of amides is 2. The number of carboxylic acids is 1. The number of hydrogen-bond acceptors (Lipinski definition) is 3. The summed E-state index contributed by atoms with van der Waals surface area (Å²) < 4.78 is 36.9. The van der Waals surface area contributed by atoms with Crippen LogP contribution in [-0.4, -0.2) is 46.6 Å². The summed E-state index contributed by atoms with van der Waals surface area (Å²) in [5, 5.41) is 10.6. The van der Waals surface area contributed by atoms with Gasteiger partial charge in [0.2, 0.25) is 11.8 Å². The Kier molecular flexibility index (Phi) is 7.41. The van der Waals surface area contributed by atoms with Crippen molar-refractivity contribution in [3.63, 3.8) is 0 Å². The van der Waals surface area contributed by atoms with Crippen LogP contribution in [0.15, 0.2) is 30.3 Å². The Bertz CT molecular complexity index is 605. The number of carbonyl (C=O) groups is 3. The number of rotatable bonds is 8. The van der Waals surface area contributed by atoms with Crippen LogP contribution in [0.3, 0.4) is 0 Å². The van der Waals surface area contributed by atoms with Crippen LogP contribution in [0.4, 0.5) is 13.2 Å². The maximum absolute atomic E-state index is 12.3. The standard InChI is InChI=1S/C16H19F3N2O4/c1-11(22)21(10-12-5-3-2-4-6-12)8-7-14(23)20-13(15(24)25)9-16(17,18)19/h2-6,13H,7-10H2,1H3,(H,20,23)(H,24,25). The fraction of sp³-hybridized carbons (Fsp3) is 0.438. The molecule has 2 N–H and O–H groups in total. The Labute approximate surface area is 142 Å². The molecule has 0 heterocycles. The van der Waals surface area contributed by atoms with Gasteiger partial charge in [0, 0.05) is 26.4 Å². The minimum Gasteiger partial charge on any atom is -0.480 e. The van der Waals surface area contributed by atoms with Crippen LogP contribution in [0.5, 0.6) is 0 Å². The van der Waals surface area contributed by atoms with Gasteiger partial charge in [-0.1, -0.05) is 30.3 Å². The van der Waals surface area contributed by atoms with E-state index in [9.17, 15) is 27.6 Å². The number of alkyl halides is 3. The molecule has 0 aliphatic carbocycles. The second-order valence-corrected chi connectivity index (χ2v) is 5.45. The zero-order valence-electron chi connectivity index (χ0n) is 13.5. The second kappa shape index (κ2) is 9.05. The summed E-state index contributed by atoms with van der Waals surface area (Å²) in [5.41, 5.74) is 0.832. The first-order valence-electron chi connectivity index (χ1n) is 7.47. The number of aliphatic carboxylic acids is 1. The Hall–Kier alpha value is -2.58. The first-order chi connectivity index (χ1) is 11.6. The van der Waals surface area contributed by atoms with Gasteiger partial charge in [-0.05, 0) is 5.56 Å².